The Kier molecular flexibility index (Phi) is 4.28. The van der Waals surface area contributed by atoms with Crippen LogP contribution in [0.15, 0.2) is 9.00 Å². The van der Waals surface area contributed by atoms with Crippen molar-refractivity contribution < 1.29 is 18.3 Å². The third-order valence-corrected chi connectivity index (χ3v) is 6.53. The molecule has 0 unspecified atom stereocenters. The van der Waals surface area contributed by atoms with Gasteiger partial charge in [0.15, 0.2) is 4.21 Å². The van der Waals surface area contributed by atoms with Crippen LogP contribution >= 0.6 is 11.3 Å². The van der Waals surface area contributed by atoms with E-state index in [0.29, 0.717) is 30.1 Å². The van der Waals surface area contributed by atoms with Crippen molar-refractivity contribution in [2.75, 3.05) is 32.7 Å². The molecule has 1 fully saturated rings. The number of aromatic amines is 1. The molecule has 0 bridgehead atoms. The molecule has 2 heterocycles. The number of aliphatic carboxylic acids is 1. The third kappa shape index (κ3) is 3.08. The molecule has 1 saturated heterocycles. The smallest absolute Gasteiger partial charge is 0.317 e. The average molecular weight is 321 g/mol. The van der Waals surface area contributed by atoms with Crippen LogP contribution in [0.25, 0.3) is 0 Å². The Morgan fingerprint density at radius 3 is 2.40 bits per heavy atom. The maximum atomic E-state index is 12.4. The van der Waals surface area contributed by atoms with Gasteiger partial charge in [0.2, 0.25) is 0 Å². The second-order valence-corrected chi connectivity index (χ2v) is 7.62. The number of sulfonamides is 1. The predicted molar refractivity (Wildman–Crippen MR) is 72.5 cm³/mol. The first-order valence-corrected chi connectivity index (χ1v) is 8.20. The minimum absolute atomic E-state index is 0.0363. The molecule has 0 amide bonds. The molecule has 0 radical (unpaired) electrons. The van der Waals surface area contributed by atoms with Crippen LogP contribution in [0.2, 0.25) is 0 Å². The zero-order chi connectivity index (χ0) is 14.9. The fourth-order valence-electron chi connectivity index (χ4n) is 2.07. The third-order valence-electron chi connectivity index (χ3n) is 3.05. The zero-order valence-corrected chi connectivity index (χ0v) is 12.5. The molecule has 1 aliphatic rings. The van der Waals surface area contributed by atoms with Crippen LogP contribution in [0.3, 0.4) is 0 Å². The van der Waals surface area contributed by atoms with E-state index in [9.17, 15) is 18.0 Å². The number of nitrogens with one attached hydrogen (secondary N) is 1. The summed E-state index contributed by atoms with van der Waals surface area (Å²) in [5.74, 6) is -0.930. The van der Waals surface area contributed by atoms with E-state index in [2.05, 4.69) is 4.98 Å². The maximum absolute atomic E-state index is 12.4. The highest BCUT2D eigenvalue weighted by Gasteiger charge is 2.31. The summed E-state index contributed by atoms with van der Waals surface area (Å²) in [7, 11) is -3.68. The number of H-pyrrole nitrogens is 1. The first-order valence-electron chi connectivity index (χ1n) is 5.94. The molecule has 20 heavy (non-hydrogen) atoms. The fraction of sp³-hybridized carbons (Fsp3) is 0.600. The van der Waals surface area contributed by atoms with Gasteiger partial charge in [-0.1, -0.05) is 11.3 Å². The monoisotopic (exact) mass is 321 g/mol. The Hall–Kier alpha value is -1.23. The molecule has 0 aromatic carbocycles. The van der Waals surface area contributed by atoms with Crippen LogP contribution in [0, 0.1) is 6.92 Å². The van der Waals surface area contributed by atoms with E-state index < -0.39 is 20.9 Å². The summed E-state index contributed by atoms with van der Waals surface area (Å²) < 4.78 is 26.1. The summed E-state index contributed by atoms with van der Waals surface area (Å²) >= 11 is 0.678. The Morgan fingerprint density at radius 2 is 1.95 bits per heavy atom. The number of aryl methyl sites for hydroxylation is 1. The maximum Gasteiger partial charge on any atom is 0.317 e. The van der Waals surface area contributed by atoms with E-state index in [-0.39, 0.29) is 23.8 Å². The Labute approximate surface area is 119 Å². The van der Waals surface area contributed by atoms with Crippen molar-refractivity contribution in [3.8, 4) is 0 Å². The van der Waals surface area contributed by atoms with Crippen LogP contribution in [-0.2, 0) is 14.8 Å². The quantitative estimate of drug-likeness (QED) is 0.746. The lowest BCUT2D eigenvalue weighted by atomic mass is 10.3. The highest BCUT2D eigenvalue weighted by atomic mass is 32.2. The highest BCUT2D eigenvalue weighted by molar-refractivity contribution is 7.91. The van der Waals surface area contributed by atoms with E-state index in [1.54, 1.807) is 11.8 Å². The molecule has 1 aromatic rings. The normalized spacial score (nSPS) is 18.2. The van der Waals surface area contributed by atoms with Gasteiger partial charge in [-0.2, -0.15) is 4.31 Å². The molecule has 112 valence electrons. The number of hydrogen-bond donors (Lipinski definition) is 2. The molecule has 0 saturated carbocycles. The summed E-state index contributed by atoms with van der Waals surface area (Å²) in [6.07, 6.45) is 0. The van der Waals surface area contributed by atoms with Gasteiger partial charge in [-0.15, -0.1) is 0 Å². The number of rotatable bonds is 4. The largest absolute Gasteiger partial charge is 0.480 e. The summed E-state index contributed by atoms with van der Waals surface area (Å²) in [6, 6.07) is 0. The summed E-state index contributed by atoms with van der Waals surface area (Å²) in [5.41, 5.74) is 0.341. The van der Waals surface area contributed by atoms with Gasteiger partial charge in [0.05, 0.1) is 6.54 Å². The SMILES string of the molecule is Cc1[nH]c(=O)sc1S(=O)(=O)N1CCN(CC(=O)O)CC1. The van der Waals surface area contributed by atoms with Crippen LogP contribution < -0.4 is 4.87 Å². The van der Waals surface area contributed by atoms with E-state index in [4.69, 9.17) is 5.11 Å². The highest BCUT2D eigenvalue weighted by Crippen LogP contribution is 2.22. The molecule has 8 nitrogen and oxygen atoms in total. The van der Waals surface area contributed by atoms with Crippen molar-refractivity contribution >= 4 is 27.3 Å². The minimum atomic E-state index is -3.68. The van der Waals surface area contributed by atoms with Crippen LogP contribution in [0.4, 0.5) is 0 Å². The number of carbonyl (C=O) groups is 1. The van der Waals surface area contributed by atoms with E-state index >= 15 is 0 Å². The van der Waals surface area contributed by atoms with E-state index in [1.165, 1.54) is 4.31 Å². The topological polar surface area (TPSA) is 111 Å². The molecule has 1 aliphatic heterocycles. The molecule has 10 heteroatoms. The Morgan fingerprint density at radius 1 is 1.35 bits per heavy atom. The number of nitrogens with zero attached hydrogens (tertiary/aromatic N) is 2. The molecule has 0 aliphatic carbocycles. The van der Waals surface area contributed by atoms with Crippen molar-refractivity contribution in [1.82, 2.24) is 14.2 Å². The number of carboxylic acid groups (broad SMARTS) is 1. The van der Waals surface area contributed by atoms with Gasteiger partial charge in [0.1, 0.15) is 0 Å². The van der Waals surface area contributed by atoms with Gasteiger partial charge in [0.25, 0.3) is 10.0 Å². The van der Waals surface area contributed by atoms with Gasteiger partial charge in [0, 0.05) is 31.9 Å². The standard InChI is InChI=1S/C10H15N3O5S2/c1-7-9(19-10(16)11-7)20(17,18)13-4-2-12(3-5-13)6-8(14)15/h2-6H2,1H3,(H,11,16)(H,14,15). The number of hydrogen-bond acceptors (Lipinski definition) is 6. The number of piperazine rings is 1. The van der Waals surface area contributed by atoms with Gasteiger partial charge < -0.3 is 10.1 Å². The van der Waals surface area contributed by atoms with E-state index in [0.717, 1.165) is 0 Å². The second-order valence-electron chi connectivity index (χ2n) is 4.50. The molecule has 2 N–H and O–H groups in total. The number of thiazole rings is 1. The van der Waals surface area contributed by atoms with Crippen molar-refractivity contribution in [2.24, 2.45) is 0 Å². The molecular weight excluding hydrogens is 306 g/mol. The molecule has 0 atom stereocenters. The minimum Gasteiger partial charge on any atom is -0.480 e. The summed E-state index contributed by atoms with van der Waals surface area (Å²) in [6.45, 7) is 2.63. The molecule has 0 spiro atoms. The molecule has 1 aromatic heterocycles. The zero-order valence-electron chi connectivity index (χ0n) is 10.8. The number of carboxylic acids is 1. The Bertz CT molecular complexity index is 655. The lowest BCUT2D eigenvalue weighted by Gasteiger charge is -2.32. The Balaban J connectivity index is 2.11. The van der Waals surface area contributed by atoms with E-state index in [1.807, 2.05) is 0 Å². The average Bonchev–Trinajstić information content (AvgIpc) is 2.69. The summed E-state index contributed by atoms with van der Waals surface area (Å²) in [4.78, 5) is 25.6. The van der Waals surface area contributed by atoms with Crippen molar-refractivity contribution in [2.45, 2.75) is 11.1 Å². The van der Waals surface area contributed by atoms with Gasteiger partial charge in [-0.25, -0.2) is 8.42 Å². The van der Waals surface area contributed by atoms with Crippen LogP contribution in [-0.4, -0.2) is 66.4 Å². The fourth-order valence-corrected chi connectivity index (χ4v) is 4.93. The lowest BCUT2D eigenvalue weighted by Crippen LogP contribution is -2.49. The van der Waals surface area contributed by atoms with Gasteiger partial charge in [-0.05, 0) is 6.92 Å². The number of aromatic nitrogens is 1. The first-order chi connectivity index (χ1) is 9.30. The van der Waals surface area contributed by atoms with Crippen molar-refractivity contribution in [3.05, 3.63) is 15.4 Å². The molecular formula is C10H15N3O5S2. The first kappa shape index (κ1) is 15.2. The van der Waals surface area contributed by atoms with Crippen LogP contribution in [0.5, 0.6) is 0 Å². The van der Waals surface area contributed by atoms with Crippen molar-refractivity contribution in [3.63, 3.8) is 0 Å². The molecule has 2 rings (SSSR count). The summed E-state index contributed by atoms with van der Waals surface area (Å²) in [5, 5.41) is 8.70. The van der Waals surface area contributed by atoms with Crippen LogP contribution in [0.1, 0.15) is 5.69 Å². The predicted octanol–water partition coefficient (Wildman–Crippen LogP) is -0.864. The lowest BCUT2D eigenvalue weighted by molar-refractivity contribution is -0.138. The van der Waals surface area contributed by atoms with Gasteiger partial charge >= 0.3 is 10.8 Å². The second kappa shape index (κ2) is 5.64. The van der Waals surface area contributed by atoms with Crippen molar-refractivity contribution in [1.29, 1.82) is 0 Å². The van der Waals surface area contributed by atoms with Gasteiger partial charge in [-0.3, -0.25) is 14.5 Å².